The normalized spacial score (nSPS) is 16.6. The van der Waals surface area contributed by atoms with Gasteiger partial charge in [-0.05, 0) is 18.4 Å². The van der Waals surface area contributed by atoms with Gasteiger partial charge in [-0.2, -0.15) is 0 Å². The predicted octanol–water partition coefficient (Wildman–Crippen LogP) is 1.62. The third-order valence-corrected chi connectivity index (χ3v) is 3.01. The summed E-state index contributed by atoms with van der Waals surface area (Å²) < 4.78 is 1.72. The largest absolute Gasteiger partial charge is 0.398 e. The molecule has 1 aliphatic carbocycles. The molecular formula is C11H16N2O. The molecule has 76 valence electrons. The Balaban J connectivity index is 2.00. The summed E-state index contributed by atoms with van der Waals surface area (Å²) in [6.07, 6.45) is 6.87. The van der Waals surface area contributed by atoms with E-state index < -0.39 is 0 Å². The average Bonchev–Trinajstić information content (AvgIpc) is 2.08. The standard InChI is InChI=1S/C11H16N2O/c12-10-4-5-11(14)13(8-10)7-6-9-2-1-3-9/h4-5,8-9H,1-3,6-7,12H2. The summed E-state index contributed by atoms with van der Waals surface area (Å²) in [5.74, 6) is 0.836. The van der Waals surface area contributed by atoms with E-state index in [0.717, 1.165) is 18.9 Å². The summed E-state index contributed by atoms with van der Waals surface area (Å²) in [6, 6.07) is 3.19. The van der Waals surface area contributed by atoms with Crippen molar-refractivity contribution in [3.05, 3.63) is 28.7 Å². The zero-order valence-corrected chi connectivity index (χ0v) is 8.28. The number of nitrogen functional groups attached to an aromatic ring is 1. The number of hydrogen-bond donors (Lipinski definition) is 1. The molecule has 3 nitrogen and oxygen atoms in total. The van der Waals surface area contributed by atoms with Crippen LogP contribution in [0.4, 0.5) is 5.69 Å². The van der Waals surface area contributed by atoms with Crippen molar-refractivity contribution in [1.82, 2.24) is 4.57 Å². The molecule has 0 saturated heterocycles. The summed E-state index contributed by atoms with van der Waals surface area (Å²) in [7, 11) is 0. The van der Waals surface area contributed by atoms with Crippen LogP contribution < -0.4 is 11.3 Å². The third kappa shape index (κ3) is 1.97. The summed E-state index contributed by atoms with van der Waals surface area (Å²) in [5, 5.41) is 0. The number of nitrogens with two attached hydrogens (primary N) is 1. The molecule has 0 aromatic carbocycles. The molecule has 2 rings (SSSR count). The Morgan fingerprint density at radius 2 is 2.21 bits per heavy atom. The molecular weight excluding hydrogens is 176 g/mol. The highest BCUT2D eigenvalue weighted by atomic mass is 16.1. The van der Waals surface area contributed by atoms with Crippen molar-refractivity contribution in [3.63, 3.8) is 0 Å². The molecule has 1 heterocycles. The van der Waals surface area contributed by atoms with Crippen molar-refractivity contribution in [2.45, 2.75) is 32.2 Å². The van der Waals surface area contributed by atoms with Crippen LogP contribution in [-0.2, 0) is 6.54 Å². The first-order chi connectivity index (χ1) is 6.75. The minimum absolute atomic E-state index is 0.0542. The van der Waals surface area contributed by atoms with Crippen molar-refractivity contribution in [2.75, 3.05) is 5.73 Å². The molecule has 1 aromatic rings. The lowest BCUT2D eigenvalue weighted by Crippen LogP contribution is -2.22. The van der Waals surface area contributed by atoms with E-state index in [4.69, 9.17) is 5.73 Å². The number of aryl methyl sites for hydroxylation is 1. The molecule has 0 spiro atoms. The predicted molar refractivity (Wildman–Crippen MR) is 57.1 cm³/mol. The molecule has 1 fully saturated rings. The number of pyridine rings is 1. The van der Waals surface area contributed by atoms with Crippen molar-refractivity contribution < 1.29 is 0 Å². The summed E-state index contributed by atoms with van der Waals surface area (Å²) >= 11 is 0. The Kier molecular flexibility index (Phi) is 2.57. The fraction of sp³-hybridized carbons (Fsp3) is 0.545. The second-order valence-electron chi connectivity index (χ2n) is 4.08. The maximum atomic E-state index is 11.4. The Morgan fingerprint density at radius 3 is 2.86 bits per heavy atom. The van der Waals surface area contributed by atoms with Gasteiger partial charge in [-0.25, -0.2) is 0 Å². The van der Waals surface area contributed by atoms with Crippen LogP contribution in [0.5, 0.6) is 0 Å². The van der Waals surface area contributed by atoms with Gasteiger partial charge >= 0.3 is 0 Å². The monoisotopic (exact) mass is 192 g/mol. The minimum atomic E-state index is 0.0542. The van der Waals surface area contributed by atoms with Crippen LogP contribution in [0.3, 0.4) is 0 Å². The van der Waals surface area contributed by atoms with Gasteiger partial charge in [0.25, 0.3) is 5.56 Å². The topological polar surface area (TPSA) is 48.0 Å². The first-order valence-corrected chi connectivity index (χ1v) is 5.21. The quantitative estimate of drug-likeness (QED) is 0.791. The van der Waals surface area contributed by atoms with Crippen LogP contribution in [0, 0.1) is 5.92 Å². The summed E-state index contributed by atoms with van der Waals surface area (Å²) in [4.78, 5) is 11.4. The number of anilines is 1. The lowest BCUT2D eigenvalue weighted by atomic mass is 9.83. The van der Waals surface area contributed by atoms with Crippen molar-refractivity contribution in [2.24, 2.45) is 5.92 Å². The van der Waals surface area contributed by atoms with Crippen molar-refractivity contribution in [3.8, 4) is 0 Å². The van der Waals surface area contributed by atoms with Gasteiger partial charge in [0.2, 0.25) is 0 Å². The smallest absolute Gasteiger partial charge is 0.250 e. The third-order valence-electron chi connectivity index (χ3n) is 3.01. The molecule has 2 N–H and O–H groups in total. The molecule has 3 heteroatoms. The number of aromatic nitrogens is 1. The lowest BCUT2D eigenvalue weighted by molar-refractivity contribution is 0.281. The van der Waals surface area contributed by atoms with Gasteiger partial charge in [0.1, 0.15) is 0 Å². The molecule has 1 aliphatic rings. The lowest BCUT2D eigenvalue weighted by Gasteiger charge is -2.25. The molecule has 1 aromatic heterocycles. The number of rotatable bonds is 3. The zero-order chi connectivity index (χ0) is 9.97. The average molecular weight is 192 g/mol. The summed E-state index contributed by atoms with van der Waals surface area (Å²) in [6.45, 7) is 0.814. The van der Waals surface area contributed by atoms with E-state index in [9.17, 15) is 4.79 Å². The Bertz CT molecular complexity index is 366. The van der Waals surface area contributed by atoms with Crippen molar-refractivity contribution in [1.29, 1.82) is 0 Å². The van der Waals surface area contributed by atoms with Gasteiger partial charge < -0.3 is 10.3 Å². The summed E-state index contributed by atoms with van der Waals surface area (Å²) in [5.41, 5.74) is 6.34. The molecule has 0 radical (unpaired) electrons. The van der Waals surface area contributed by atoms with Crippen molar-refractivity contribution >= 4 is 5.69 Å². The van der Waals surface area contributed by atoms with E-state index >= 15 is 0 Å². The highest BCUT2D eigenvalue weighted by Gasteiger charge is 2.16. The molecule has 1 saturated carbocycles. The van der Waals surface area contributed by atoms with E-state index in [2.05, 4.69) is 0 Å². The molecule has 0 aliphatic heterocycles. The zero-order valence-electron chi connectivity index (χ0n) is 8.28. The highest BCUT2D eigenvalue weighted by molar-refractivity contribution is 5.33. The van der Waals surface area contributed by atoms with E-state index in [-0.39, 0.29) is 5.56 Å². The van der Waals surface area contributed by atoms with Gasteiger partial charge in [-0.15, -0.1) is 0 Å². The molecule has 0 amide bonds. The van der Waals surface area contributed by atoms with E-state index in [1.165, 1.54) is 25.3 Å². The Morgan fingerprint density at radius 1 is 1.43 bits per heavy atom. The van der Waals surface area contributed by atoms with Gasteiger partial charge in [0.15, 0.2) is 0 Å². The van der Waals surface area contributed by atoms with Gasteiger partial charge in [-0.1, -0.05) is 19.3 Å². The van der Waals surface area contributed by atoms with Gasteiger partial charge in [0.05, 0.1) is 0 Å². The van der Waals surface area contributed by atoms with Crippen LogP contribution >= 0.6 is 0 Å². The maximum Gasteiger partial charge on any atom is 0.250 e. The number of nitrogens with zero attached hydrogens (tertiary/aromatic N) is 1. The van der Waals surface area contributed by atoms with Gasteiger partial charge in [-0.3, -0.25) is 4.79 Å². The molecule has 0 bridgehead atoms. The van der Waals surface area contributed by atoms with Crippen LogP contribution in [0.2, 0.25) is 0 Å². The van der Waals surface area contributed by atoms with Crippen LogP contribution in [0.25, 0.3) is 0 Å². The van der Waals surface area contributed by atoms with Crippen LogP contribution in [-0.4, -0.2) is 4.57 Å². The highest BCUT2D eigenvalue weighted by Crippen LogP contribution is 2.29. The fourth-order valence-corrected chi connectivity index (χ4v) is 1.83. The van der Waals surface area contributed by atoms with E-state index in [1.807, 2.05) is 0 Å². The van der Waals surface area contributed by atoms with Crippen LogP contribution in [0.15, 0.2) is 23.1 Å². The molecule has 0 unspecified atom stereocenters. The Labute approximate surface area is 83.5 Å². The second kappa shape index (κ2) is 3.86. The second-order valence-corrected chi connectivity index (χ2v) is 4.08. The first-order valence-electron chi connectivity index (χ1n) is 5.21. The fourth-order valence-electron chi connectivity index (χ4n) is 1.83. The maximum absolute atomic E-state index is 11.4. The van der Waals surface area contributed by atoms with Crippen LogP contribution in [0.1, 0.15) is 25.7 Å². The molecule has 0 atom stereocenters. The van der Waals surface area contributed by atoms with E-state index in [0.29, 0.717) is 5.69 Å². The number of hydrogen-bond acceptors (Lipinski definition) is 2. The minimum Gasteiger partial charge on any atom is -0.398 e. The SMILES string of the molecule is Nc1ccc(=O)n(CCC2CCC2)c1. The molecule has 14 heavy (non-hydrogen) atoms. The Hall–Kier alpha value is -1.25. The van der Waals surface area contributed by atoms with Gasteiger partial charge in [0, 0.05) is 24.5 Å². The van der Waals surface area contributed by atoms with E-state index in [1.54, 1.807) is 16.8 Å². The first kappa shape index (κ1) is 9.31.